The van der Waals surface area contributed by atoms with Gasteiger partial charge in [-0.15, -0.1) is 0 Å². The number of cyclic esters (lactones) is 1. The number of ether oxygens (including phenoxy) is 2. The van der Waals surface area contributed by atoms with Gasteiger partial charge in [0.05, 0.1) is 12.0 Å². The van der Waals surface area contributed by atoms with E-state index in [9.17, 15) is 9.59 Å². The second-order valence-electron chi connectivity index (χ2n) is 4.30. The van der Waals surface area contributed by atoms with Gasteiger partial charge in [-0.2, -0.15) is 0 Å². The van der Waals surface area contributed by atoms with E-state index in [4.69, 9.17) is 9.47 Å². The summed E-state index contributed by atoms with van der Waals surface area (Å²) in [6.45, 7) is 5.13. The summed E-state index contributed by atoms with van der Waals surface area (Å²) >= 11 is 0. The minimum atomic E-state index is -0.395. The van der Waals surface area contributed by atoms with Gasteiger partial charge < -0.3 is 9.47 Å². The van der Waals surface area contributed by atoms with E-state index in [0.717, 1.165) is 11.1 Å². The van der Waals surface area contributed by atoms with Crippen LogP contribution in [0.5, 0.6) is 5.75 Å². The monoisotopic (exact) mass is 246 g/mol. The molecule has 94 valence electrons. The predicted octanol–water partition coefficient (Wildman–Crippen LogP) is 2.52. The lowest BCUT2D eigenvalue weighted by molar-refractivity contribution is -0.134. The molecule has 2 rings (SSSR count). The maximum Gasteiger partial charge on any atom is 0.315 e. The molecular formula is C14H14O4. The number of rotatable bonds is 2. The van der Waals surface area contributed by atoms with E-state index in [2.05, 4.69) is 0 Å². The predicted molar refractivity (Wildman–Crippen MR) is 65.9 cm³/mol. The summed E-state index contributed by atoms with van der Waals surface area (Å²) < 4.78 is 10.3. The Morgan fingerprint density at radius 2 is 2.06 bits per heavy atom. The third-order valence-corrected chi connectivity index (χ3v) is 2.61. The molecule has 4 nitrogen and oxygen atoms in total. The van der Waals surface area contributed by atoms with Crippen LogP contribution in [0.15, 0.2) is 18.2 Å². The van der Waals surface area contributed by atoms with Crippen molar-refractivity contribution < 1.29 is 19.1 Å². The number of benzene rings is 1. The smallest absolute Gasteiger partial charge is 0.315 e. The normalized spacial score (nSPS) is 14.2. The molecule has 0 fully saturated rings. The molecule has 0 unspecified atom stereocenters. The van der Waals surface area contributed by atoms with Crippen molar-refractivity contribution in [3.05, 3.63) is 34.9 Å². The van der Waals surface area contributed by atoms with Crippen molar-refractivity contribution in [1.82, 2.24) is 0 Å². The molecule has 1 heterocycles. The van der Waals surface area contributed by atoms with Gasteiger partial charge in [-0.3, -0.25) is 9.59 Å². The highest BCUT2D eigenvalue weighted by Crippen LogP contribution is 2.34. The molecule has 1 aliphatic rings. The lowest BCUT2D eigenvalue weighted by Gasteiger charge is -2.13. The summed E-state index contributed by atoms with van der Waals surface area (Å²) in [6, 6.07) is 3.76. The van der Waals surface area contributed by atoms with E-state index in [-0.39, 0.29) is 12.4 Å². The fourth-order valence-electron chi connectivity index (χ4n) is 1.96. The fraction of sp³-hybridized carbons (Fsp3) is 0.286. The van der Waals surface area contributed by atoms with Crippen LogP contribution in [0, 0.1) is 13.8 Å². The van der Waals surface area contributed by atoms with Gasteiger partial charge in [0, 0.05) is 6.92 Å². The van der Waals surface area contributed by atoms with Crippen LogP contribution < -0.4 is 4.74 Å². The van der Waals surface area contributed by atoms with E-state index in [1.54, 1.807) is 6.08 Å². The second-order valence-corrected chi connectivity index (χ2v) is 4.30. The number of esters is 2. The lowest BCUT2D eigenvalue weighted by atomic mass is 10.0. The molecule has 0 bridgehead atoms. The van der Waals surface area contributed by atoms with Gasteiger partial charge in [0.2, 0.25) is 0 Å². The average Bonchev–Trinajstić information content (AvgIpc) is 2.68. The van der Waals surface area contributed by atoms with Crippen LogP contribution in [-0.2, 0) is 14.3 Å². The Bertz CT molecular complexity index is 555. The van der Waals surface area contributed by atoms with E-state index in [0.29, 0.717) is 17.1 Å². The SMILES string of the molecule is CC(=O)Oc1c(C)cc(C)cc1C1=CCC(=O)O1. The first-order chi connectivity index (χ1) is 8.47. The van der Waals surface area contributed by atoms with Crippen LogP contribution in [0.3, 0.4) is 0 Å². The van der Waals surface area contributed by atoms with Gasteiger partial charge in [0.25, 0.3) is 0 Å². The molecule has 1 aromatic carbocycles. The first kappa shape index (κ1) is 12.4. The van der Waals surface area contributed by atoms with Crippen molar-refractivity contribution >= 4 is 17.7 Å². The van der Waals surface area contributed by atoms with E-state index < -0.39 is 5.97 Å². The largest absolute Gasteiger partial charge is 0.426 e. The Labute approximate surface area is 105 Å². The maximum absolute atomic E-state index is 11.1. The number of carbonyl (C=O) groups excluding carboxylic acids is 2. The first-order valence-corrected chi connectivity index (χ1v) is 5.68. The Kier molecular flexibility index (Phi) is 3.19. The van der Waals surface area contributed by atoms with Gasteiger partial charge in [-0.25, -0.2) is 0 Å². The molecule has 0 spiro atoms. The molecule has 0 saturated carbocycles. The molecule has 1 aromatic rings. The van der Waals surface area contributed by atoms with Crippen molar-refractivity contribution in [2.75, 3.05) is 0 Å². The molecule has 18 heavy (non-hydrogen) atoms. The van der Waals surface area contributed by atoms with Crippen LogP contribution >= 0.6 is 0 Å². The van der Waals surface area contributed by atoms with Crippen molar-refractivity contribution in [3.8, 4) is 5.75 Å². The van der Waals surface area contributed by atoms with Gasteiger partial charge in [-0.05, 0) is 37.1 Å². The third-order valence-electron chi connectivity index (χ3n) is 2.61. The van der Waals surface area contributed by atoms with E-state index in [1.165, 1.54) is 6.92 Å². The topological polar surface area (TPSA) is 52.6 Å². The summed E-state index contributed by atoms with van der Waals surface area (Å²) in [5.41, 5.74) is 2.50. The quantitative estimate of drug-likeness (QED) is 0.594. The summed E-state index contributed by atoms with van der Waals surface area (Å²) in [4.78, 5) is 22.3. The number of aryl methyl sites for hydroxylation is 2. The Balaban J connectivity index is 2.50. The van der Waals surface area contributed by atoms with Crippen LogP contribution in [0.25, 0.3) is 5.76 Å². The number of carbonyl (C=O) groups is 2. The van der Waals surface area contributed by atoms with Gasteiger partial charge in [-0.1, -0.05) is 6.07 Å². The summed E-state index contributed by atoms with van der Waals surface area (Å²) in [5, 5.41) is 0. The van der Waals surface area contributed by atoms with Crippen molar-refractivity contribution in [3.63, 3.8) is 0 Å². The highest BCUT2D eigenvalue weighted by Gasteiger charge is 2.21. The number of hydrogen-bond acceptors (Lipinski definition) is 4. The molecule has 0 saturated heterocycles. The molecule has 1 aliphatic heterocycles. The van der Waals surface area contributed by atoms with Gasteiger partial charge >= 0.3 is 11.9 Å². The lowest BCUT2D eigenvalue weighted by Crippen LogP contribution is -2.06. The Morgan fingerprint density at radius 1 is 1.33 bits per heavy atom. The molecule has 0 aromatic heterocycles. The van der Waals surface area contributed by atoms with Crippen LogP contribution in [-0.4, -0.2) is 11.9 Å². The molecule has 4 heteroatoms. The number of hydrogen-bond donors (Lipinski definition) is 0. The molecular weight excluding hydrogens is 232 g/mol. The van der Waals surface area contributed by atoms with Crippen LogP contribution in [0.1, 0.15) is 30.0 Å². The Hall–Kier alpha value is -2.10. The van der Waals surface area contributed by atoms with Gasteiger partial charge in [0.15, 0.2) is 0 Å². The maximum atomic E-state index is 11.1. The molecule has 0 atom stereocenters. The fourth-order valence-corrected chi connectivity index (χ4v) is 1.96. The minimum absolute atomic E-state index is 0.252. The Morgan fingerprint density at radius 3 is 2.61 bits per heavy atom. The van der Waals surface area contributed by atoms with Crippen LogP contribution in [0.2, 0.25) is 0 Å². The molecule has 0 aliphatic carbocycles. The van der Waals surface area contributed by atoms with E-state index in [1.807, 2.05) is 26.0 Å². The standard InChI is InChI=1S/C14H14O4/c1-8-6-9(2)14(17-10(3)15)11(7-8)12-4-5-13(16)18-12/h4,6-7H,5H2,1-3H3. The van der Waals surface area contributed by atoms with E-state index >= 15 is 0 Å². The zero-order chi connectivity index (χ0) is 13.3. The third kappa shape index (κ3) is 2.42. The average molecular weight is 246 g/mol. The summed E-state index contributed by atoms with van der Waals surface area (Å²) in [6.07, 6.45) is 1.95. The highest BCUT2D eigenvalue weighted by molar-refractivity contribution is 5.87. The summed E-state index contributed by atoms with van der Waals surface area (Å²) in [5.74, 6) is 0.225. The zero-order valence-corrected chi connectivity index (χ0v) is 10.6. The summed E-state index contributed by atoms with van der Waals surface area (Å²) in [7, 11) is 0. The van der Waals surface area contributed by atoms with Gasteiger partial charge in [0.1, 0.15) is 11.5 Å². The van der Waals surface area contributed by atoms with Crippen LogP contribution in [0.4, 0.5) is 0 Å². The van der Waals surface area contributed by atoms with Crippen molar-refractivity contribution in [1.29, 1.82) is 0 Å². The first-order valence-electron chi connectivity index (χ1n) is 5.68. The second kappa shape index (κ2) is 4.64. The minimum Gasteiger partial charge on any atom is -0.426 e. The zero-order valence-electron chi connectivity index (χ0n) is 10.6. The molecule has 0 radical (unpaired) electrons. The van der Waals surface area contributed by atoms with Crippen molar-refractivity contribution in [2.24, 2.45) is 0 Å². The van der Waals surface area contributed by atoms with Crippen molar-refractivity contribution in [2.45, 2.75) is 27.2 Å². The molecule has 0 amide bonds. The molecule has 0 N–H and O–H groups in total. The highest BCUT2D eigenvalue weighted by atomic mass is 16.6.